The van der Waals surface area contributed by atoms with Crippen LogP contribution in [0.1, 0.15) is 20.8 Å². The Morgan fingerprint density at radius 3 is 2.09 bits per heavy atom. The fourth-order valence-electron chi connectivity index (χ4n) is 1.98. The van der Waals surface area contributed by atoms with Gasteiger partial charge in [-0.25, -0.2) is 0 Å². The van der Waals surface area contributed by atoms with Crippen LogP contribution in [0.15, 0.2) is 0 Å². The minimum atomic E-state index is -1.10. The maximum Gasteiger partial charge on any atom is 0.303 e. The van der Waals surface area contributed by atoms with Crippen LogP contribution in [0.5, 0.6) is 0 Å². The van der Waals surface area contributed by atoms with E-state index in [1.54, 1.807) is 0 Å². The Hall–Kier alpha value is -2.11. The summed E-state index contributed by atoms with van der Waals surface area (Å²) in [6, 6.07) is 0. The second-order valence-electron chi connectivity index (χ2n) is 4.51. The van der Waals surface area contributed by atoms with Gasteiger partial charge in [-0.15, -0.1) is 6.42 Å². The van der Waals surface area contributed by atoms with Crippen molar-refractivity contribution in [1.82, 2.24) is 0 Å². The normalized spacial score (nSPS) is 27.4. The minimum Gasteiger partial charge on any atom is -0.456 e. The van der Waals surface area contributed by atoms with E-state index in [1.165, 1.54) is 20.8 Å². The average molecular weight is 314 g/mol. The Morgan fingerprint density at radius 2 is 1.59 bits per heavy atom. The first-order valence-corrected chi connectivity index (χ1v) is 6.53. The Kier molecular flexibility index (Phi) is 6.82. The Balaban J connectivity index is 2.98. The molecule has 1 saturated heterocycles. The molecule has 0 spiro atoms. The fraction of sp³-hybridized carbons (Fsp3) is 0.643. The van der Waals surface area contributed by atoms with Gasteiger partial charge in [0, 0.05) is 20.8 Å². The van der Waals surface area contributed by atoms with Crippen molar-refractivity contribution < 1.29 is 38.1 Å². The van der Waals surface area contributed by atoms with Gasteiger partial charge < -0.3 is 23.7 Å². The first-order chi connectivity index (χ1) is 10.3. The molecule has 0 unspecified atom stereocenters. The van der Waals surface area contributed by atoms with Gasteiger partial charge in [-0.1, -0.05) is 5.92 Å². The van der Waals surface area contributed by atoms with Crippen molar-refractivity contribution in [3.05, 3.63) is 0 Å². The summed E-state index contributed by atoms with van der Waals surface area (Å²) in [4.78, 5) is 33.7. The first kappa shape index (κ1) is 17.9. The van der Waals surface area contributed by atoms with Gasteiger partial charge in [0.25, 0.3) is 0 Å². The van der Waals surface area contributed by atoms with E-state index in [-0.39, 0.29) is 13.2 Å². The largest absolute Gasteiger partial charge is 0.456 e. The lowest BCUT2D eigenvalue weighted by Gasteiger charge is -2.39. The number of esters is 3. The number of carbonyl (C=O) groups is 3. The summed E-state index contributed by atoms with van der Waals surface area (Å²) in [5.41, 5.74) is 0. The molecule has 22 heavy (non-hydrogen) atoms. The van der Waals surface area contributed by atoms with E-state index in [0.29, 0.717) is 0 Å². The van der Waals surface area contributed by atoms with Gasteiger partial charge in [-0.05, 0) is 0 Å². The molecular weight excluding hydrogens is 296 g/mol. The summed E-state index contributed by atoms with van der Waals surface area (Å²) in [6.07, 6.45) is 0.999. The summed E-state index contributed by atoms with van der Waals surface area (Å²) in [6.45, 7) is 3.38. The molecule has 0 amide bonds. The SMILES string of the molecule is C#CCO[C@H]1OC[C@H](OC(C)=O)[C@H](OC(C)=O)[C@H]1OC(C)=O. The molecule has 0 aliphatic carbocycles. The van der Waals surface area contributed by atoms with Crippen molar-refractivity contribution in [3.8, 4) is 12.3 Å². The third-order valence-electron chi connectivity index (χ3n) is 2.64. The van der Waals surface area contributed by atoms with Gasteiger partial charge in [0.05, 0.1) is 6.61 Å². The monoisotopic (exact) mass is 314 g/mol. The fourth-order valence-corrected chi connectivity index (χ4v) is 1.98. The van der Waals surface area contributed by atoms with Crippen molar-refractivity contribution >= 4 is 17.9 Å². The van der Waals surface area contributed by atoms with E-state index >= 15 is 0 Å². The van der Waals surface area contributed by atoms with E-state index in [4.69, 9.17) is 30.1 Å². The number of rotatable bonds is 5. The smallest absolute Gasteiger partial charge is 0.303 e. The second-order valence-corrected chi connectivity index (χ2v) is 4.51. The lowest BCUT2D eigenvalue weighted by atomic mass is 10.0. The predicted octanol–water partition coefficient (Wildman–Crippen LogP) is -0.212. The molecule has 1 aliphatic rings. The number of hydrogen-bond donors (Lipinski definition) is 0. The van der Waals surface area contributed by atoms with Gasteiger partial charge in [0.15, 0.2) is 24.6 Å². The summed E-state index contributed by atoms with van der Waals surface area (Å²) in [7, 11) is 0. The zero-order valence-corrected chi connectivity index (χ0v) is 12.6. The highest BCUT2D eigenvalue weighted by atomic mass is 16.7. The Bertz CT molecular complexity index is 466. The van der Waals surface area contributed by atoms with E-state index in [9.17, 15) is 14.4 Å². The zero-order chi connectivity index (χ0) is 16.7. The van der Waals surface area contributed by atoms with Crippen LogP contribution < -0.4 is 0 Å². The van der Waals surface area contributed by atoms with Crippen LogP contribution in [0.4, 0.5) is 0 Å². The van der Waals surface area contributed by atoms with Gasteiger partial charge in [0.1, 0.15) is 6.61 Å². The highest BCUT2D eigenvalue weighted by Gasteiger charge is 2.47. The molecule has 0 bridgehead atoms. The molecule has 0 radical (unpaired) electrons. The minimum absolute atomic E-state index is 0.0898. The van der Waals surface area contributed by atoms with Crippen LogP contribution in [-0.4, -0.2) is 55.7 Å². The Labute approximate surface area is 128 Å². The molecule has 1 rings (SSSR count). The van der Waals surface area contributed by atoms with Crippen LogP contribution in [-0.2, 0) is 38.1 Å². The van der Waals surface area contributed by atoms with Crippen molar-refractivity contribution in [3.63, 3.8) is 0 Å². The zero-order valence-electron chi connectivity index (χ0n) is 12.6. The maximum atomic E-state index is 11.3. The molecule has 1 heterocycles. The van der Waals surface area contributed by atoms with Gasteiger partial charge in [-0.2, -0.15) is 0 Å². The molecule has 4 atom stereocenters. The predicted molar refractivity (Wildman–Crippen MR) is 71.2 cm³/mol. The third-order valence-corrected chi connectivity index (χ3v) is 2.64. The molecule has 1 aliphatic heterocycles. The molecule has 8 heteroatoms. The Morgan fingerprint density at radius 1 is 1.05 bits per heavy atom. The number of carbonyl (C=O) groups excluding carboxylic acids is 3. The lowest BCUT2D eigenvalue weighted by Crippen LogP contribution is -2.58. The van der Waals surface area contributed by atoms with E-state index in [0.717, 1.165) is 0 Å². The molecule has 0 saturated carbocycles. The van der Waals surface area contributed by atoms with Gasteiger partial charge >= 0.3 is 17.9 Å². The summed E-state index contributed by atoms with van der Waals surface area (Å²) >= 11 is 0. The average Bonchev–Trinajstić information content (AvgIpc) is 2.40. The molecule has 0 N–H and O–H groups in total. The topological polar surface area (TPSA) is 97.4 Å². The molecular formula is C14H18O8. The van der Waals surface area contributed by atoms with Crippen LogP contribution in [0, 0.1) is 12.3 Å². The summed E-state index contributed by atoms with van der Waals surface area (Å²) in [5.74, 6) is 0.401. The number of ether oxygens (including phenoxy) is 5. The van der Waals surface area contributed by atoms with E-state index in [2.05, 4.69) is 5.92 Å². The van der Waals surface area contributed by atoms with Crippen molar-refractivity contribution in [1.29, 1.82) is 0 Å². The maximum absolute atomic E-state index is 11.3. The third kappa shape index (κ3) is 5.35. The highest BCUT2D eigenvalue weighted by molar-refractivity contribution is 5.68. The van der Waals surface area contributed by atoms with Crippen molar-refractivity contribution in [2.45, 2.75) is 45.4 Å². The first-order valence-electron chi connectivity index (χ1n) is 6.53. The van der Waals surface area contributed by atoms with Crippen LogP contribution >= 0.6 is 0 Å². The van der Waals surface area contributed by atoms with Crippen molar-refractivity contribution in [2.24, 2.45) is 0 Å². The van der Waals surface area contributed by atoms with Crippen LogP contribution in [0.25, 0.3) is 0 Å². The van der Waals surface area contributed by atoms with Crippen molar-refractivity contribution in [2.75, 3.05) is 13.2 Å². The summed E-state index contributed by atoms with van der Waals surface area (Å²) in [5, 5.41) is 0. The standard InChI is InChI=1S/C14H18O8/c1-5-6-18-14-13(22-10(4)17)12(21-9(3)16)11(7-19-14)20-8(2)15/h1,11-14H,6-7H2,2-4H3/t11-,12-,13+,14-/m0/s1. The molecule has 8 nitrogen and oxygen atoms in total. The quantitative estimate of drug-likeness (QED) is 0.390. The molecule has 0 aromatic carbocycles. The molecule has 1 fully saturated rings. The highest BCUT2D eigenvalue weighted by Crippen LogP contribution is 2.25. The van der Waals surface area contributed by atoms with Crippen LogP contribution in [0.2, 0.25) is 0 Å². The summed E-state index contributed by atoms with van der Waals surface area (Å²) < 4.78 is 25.9. The molecule has 0 aromatic rings. The molecule has 0 aromatic heterocycles. The molecule has 122 valence electrons. The van der Waals surface area contributed by atoms with E-state index in [1.807, 2.05) is 0 Å². The number of terminal acetylenes is 1. The number of hydrogen-bond acceptors (Lipinski definition) is 8. The van der Waals surface area contributed by atoms with E-state index < -0.39 is 42.5 Å². The van der Waals surface area contributed by atoms with Gasteiger partial charge in [-0.3, -0.25) is 14.4 Å². The lowest BCUT2D eigenvalue weighted by molar-refractivity contribution is -0.277. The second kappa shape index (κ2) is 8.36. The van der Waals surface area contributed by atoms with Gasteiger partial charge in [0.2, 0.25) is 0 Å². The van der Waals surface area contributed by atoms with Crippen LogP contribution in [0.3, 0.4) is 0 Å².